The Morgan fingerprint density at radius 3 is 2.94 bits per heavy atom. The minimum Gasteiger partial charge on any atom is -0.393 e. The first-order valence-electron chi connectivity index (χ1n) is 7.13. The topological polar surface area (TPSA) is 41.3 Å². The molecule has 2 atom stereocenters. The fourth-order valence-corrected chi connectivity index (χ4v) is 2.85. The van der Waals surface area contributed by atoms with Crippen molar-refractivity contribution in [3.05, 3.63) is 18.7 Å². The molecule has 1 aliphatic heterocycles. The minimum absolute atomic E-state index is 0.191. The predicted octanol–water partition coefficient (Wildman–Crippen LogP) is 1.90. The van der Waals surface area contributed by atoms with Crippen LogP contribution in [0.15, 0.2) is 18.7 Å². The van der Waals surface area contributed by atoms with E-state index < -0.39 is 0 Å². The van der Waals surface area contributed by atoms with Gasteiger partial charge in [-0.25, -0.2) is 4.98 Å². The van der Waals surface area contributed by atoms with Crippen molar-refractivity contribution < 1.29 is 5.11 Å². The summed E-state index contributed by atoms with van der Waals surface area (Å²) in [6.07, 6.45) is 11.6. The zero-order valence-corrected chi connectivity index (χ0v) is 11.3. The van der Waals surface area contributed by atoms with Crippen LogP contribution in [0.2, 0.25) is 0 Å². The number of rotatable bonds is 5. The highest BCUT2D eigenvalue weighted by Gasteiger charge is 2.21. The second kappa shape index (κ2) is 6.90. The molecule has 1 aromatic rings. The van der Waals surface area contributed by atoms with Gasteiger partial charge in [0.15, 0.2) is 0 Å². The first kappa shape index (κ1) is 13.6. The molecule has 0 aromatic carbocycles. The summed E-state index contributed by atoms with van der Waals surface area (Å²) < 4.78 is 2.13. The smallest absolute Gasteiger partial charge is 0.0946 e. The molecule has 0 radical (unpaired) electrons. The van der Waals surface area contributed by atoms with Crippen LogP contribution >= 0.6 is 0 Å². The number of aromatic nitrogens is 2. The molecular weight excluding hydrogens is 226 g/mol. The number of hydrogen-bond acceptors (Lipinski definition) is 3. The van der Waals surface area contributed by atoms with E-state index in [1.165, 1.54) is 32.2 Å². The molecule has 2 rings (SSSR count). The molecule has 1 saturated heterocycles. The number of aliphatic hydroxyl groups excluding tert-OH is 1. The summed E-state index contributed by atoms with van der Waals surface area (Å²) in [6.45, 7) is 5.13. The molecule has 1 N–H and O–H groups in total. The van der Waals surface area contributed by atoms with Gasteiger partial charge in [0.1, 0.15) is 0 Å². The zero-order chi connectivity index (χ0) is 12.8. The number of imidazole rings is 1. The van der Waals surface area contributed by atoms with E-state index in [9.17, 15) is 5.11 Å². The number of nitrogens with zero attached hydrogens (tertiary/aromatic N) is 3. The van der Waals surface area contributed by atoms with Gasteiger partial charge in [0.25, 0.3) is 0 Å². The standard InChI is InChI=1S/C14H25N3O/c1-13(18)11-14-5-3-2-4-7-17(14)10-9-16-8-6-15-12-16/h6,8,12-14,18H,2-5,7,9-11H2,1H3. The maximum absolute atomic E-state index is 9.62. The Kier molecular flexibility index (Phi) is 5.20. The van der Waals surface area contributed by atoms with Crippen molar-refractivity contribution in [3.8, 4) is 0 Å². The van der Waals surface area contributed by atoms with Crippen molar-refractivity contribution in [3.63, 3.8) is 0 Å². The van der Waals surface area contributed by atoms with E-state index in [0.717, 1.165) is 19.5 Å². The van der Waals surface area contributed by atoms with E-state index >= 15 is 0 Å². The van der Waals surface area contributed by atoms with Crippen molar-refractivity contribution in [1.29, 1.82) is 0 Å². The maximum Gasteiger partial charge on any atom is 0.0946 e. The fraction of sp³-hybridized carbons (Fsp3) is 0.786. The van der Waals surface area contributed by atoms with E-state index in [-0.39, 0.29) is 6.10 Å². The fourth-order valence-electron chi connectivity index (χ4n) is 2.85. The summed E-state index contributed by atoms with van der Waals surface area (Å²) in [5.41, 5.74) is 0. The van der Waals surface area contributed by atoms with Crippen LogP contribution in [0.25, 0.3) is 0 Å². The quantitative estimate of drug-likeness (QED) is 0.869. The van der Waals surface area contributed by atoms with Gasteiger partial charge in [0, 0.05) is 31.5 Å². The summed E-state index contributed by atoms with van der Waals surface area (Å²) in [7, 11) is 0. The van der Waals surface area contributed by atoms with Gasteiger partial charge in [0.2, 0.25) is 0 Å². The summed E-state index contributed by atoms with van der Waals surface area (Å²) in [6, 6.07) is 0.552. The lowest BCUT2D eigenvalue weighted by atomic mass is 10.0. The molecule has 18 heavy (non-hydrogen) atoms. The Morgan fingerprint density at radius 2 is 2.22 bits per heavy atom. The molecule has 4 nitrogen and oxygen atoms in total. The highest BCUT2D eigenvalue weighted by Crippen LogP contribution is 2.20. The maximum atomic E-state index is 9.62. The molecule has 4 heteroatoms. The van der Waals surface area contributed by atoms with Gasteiger partial charge >= 0.3 is 0 Å². The van der Waals surface area contributed by atoms with Gasteiger partial charge in [0.05, 0.1) is 12.4 Å². The van der Waals surface area contributed by atoms with Gasteiger partial charge in [-0.05, 0) is 32.7 Å². The van der Waals surface area contributed by atoms with Crippen molar-refractivity contribution in [2.45, 2.75) is 57.7 Å². The normalized spacial score (nSPS) is 23.8. The summed E-state index contributed by atoms with van der Waals surface area (Å²) >= 11 is 0. The first-order chi connectivity index (χ1) is 8.75. The highest BCUT2D eigenvalue weighted by atomic mass is 16.3. The first-order valence-corrected chi connectivity index (χ1v) is 7.13. The van der Waals surface area contributed by atoms with E-state index in [4.69, 9.17) is 0 Å². The lowest BCUT2D eigenvalue weighted by molar-refractivity contribution is 0.110. The van der Waals surface area contributed by atoms with Crippen LogP contribution in [0, 0.1) is 0 Å². The summed E-state index contributed by atoms with van der Waals surface area (Å²) in [4.78, 5) is 6.63. The third-order valence-electron chi connectivity index (χ3n) is 3.82. The molecule has 102 valence electrons. The molecule has 1 aliphatic rings. The van der Waals surface area contributed by atoms with Gasteiger partial charge in [-0.1, -0.05) is 12.8 Å². The molecule has 0 amide bonds. The Balaban J connectivity index is 1.88. The Hall–Kier alpha value is -0.870. The van der Waals surface area contributed by atoms with E-state index in [1.54, 1.807) is 0 Å². The summed E-state index contributed by atoms with van der Waals surface area (Å²) in [5, 5.41) is 9.62. The number of likely N-dealkylation sites (tertiary alicyclic amines) is 1. The van der Waals surface area contributed by atoms with Crippen LogP contribution in [-0.2, 0) is 6.54 Å². The molecule has 0 bridgehead atoms. The zero-order valence-electron chi connectivity index (χ0n) is 11.3. The Bertz CT molecular complexity index is 324. The SMILES string of the molecule is CC(O)CC1CCCCCN1CCn1ccnc1. The second-order valence-corrected chi connectivity index (χ2v) is 5.42. The third kappa shape index (κ3) is 4.10. The average molecular weight is 251 g/mol. The van der Waals surface area contributed by atoms with E-state index in [2.05, 4.69) is 14.5 Å². The van der Waals surface area contributed by atoms with Crippen LogP contribution in [0.4, 0.5) is 0 Å². The largest absolute Gasteiger partial charge is 0.393 e. The lowest BCUT2D eigenvalue weighted by Crippen LogP contribution is -2.38. The van der Waals surface area contributed by atoms with Crippen LogP contribution in [0.3, 0.4) is 0 Å². The summed E-state index contributed by atoms with van der Waals surface area (Å²) in [5.74, 6) is 0. The van der Waals surface area contributed by atoms with Crippen LogP contribution in [0.5, 0.6) is 0 Å². The van der Waals surface area contributed by atoms with E-state index in [1.807, 2.05) is 25.6 Å². The van der Waals surface area contributed by atoms with Crippen molar-refractivity contribution in [2.75, 3.05) is 13.1 Å². The monoisotopic (exact) mass is 251 g/mol. The average Bonchev–Trinajstić information content (AvgIpc) is 2.75. The number of hydrogen-bond donors (Lipinski definition) is 1. The van der Waals surface area contributed by atoms with Crippen LogP contribution in [0.1, 0.15) is 39.0 Å². The highest BCUT2D eigenvalue weighted by molar-refractivity contribution is 4.79. The number of aliphatic hydroxyl groups is 1. The molecule has 1 aromatic heterocycles. The van der Waals surface area contributed by atoms with Gasteiger partial charge in [-0.2, -0.15) is 0 Å². The van der Waals surface area contributed by atoms with Crippen molar-refractivity contribution in [1.82, 2.24) is 14.5 Å². The Morgan fingerprint density at radius 1 is 1.33 bits per heavy atom. The van der Waals surface area contributed by atoms with Crippen molar-refractivity contribution in [2.24, 2.45) is 0 Å². The van der Waals surface area contributed by atoms with Crippen molar-refractivity contribution >= 4 is 0 Å². The Labute approximate surface area is 110 Å². The molecule has 0 saturated carbocycles. The predicted molar refractivity (Wildman–Crippen MR) is 72.4 cm³/mol. The van der Waals surface area contributed by atoms with Gasteiger partial charge in [-0.3, -0.25) is 4.90 Å². The molecular formula is C14H25N3O. The van der Waals surface area contributed by atoms with Gasteiger partial charge < -0.3 is 9.67 Å². The van der Waals surface area contributed by atoms with Crippen LogP contribution in [-0.4, -0.2) is 44.8 Å². The molecule has 0 aliphatic carbocycles. The van der Waals surface area contributed by atoms with Gasteiger partial charge in [-0.15, -0.1) is 0 Å². The second-order valence-electron chi connectivity index (χ2n) is 5.42. The molecule has 1 fully saturated rings. The van der Waals surface area contributed by atoms with Crippen LogP contribution < -0.4 is 0 Å². The minimum atomic E-state index is -0.191. The lowest BCUT2D eigenvalue weighted by Gasteiger charge is -2.30. The molecule has 2 unspecified atom stereocenters. The molecule has 0 spiro atoms. The van der Waals surface area contributed by atoms with E-state index in [0.29, 0.717) is 6.04 Å². The molecule has 2 heterocycles. The third-order valence-corrected chi connectivity index (χ3v) is 3.82.